The molecule has 0 N–H and O–H groups in total. The smallest absolute Gasteiger partial charge is 0.726 e. The molecule has 0 aromatic carbocycles. The summed E-state index contributed by atoms with van der Waals surface area (Å²) in [5.41, 5.74) is 0.363. The number of allylic oxidation sites excluding steroid dienone is 1. The molecule has 4 aliphatic rings. The molecular weight excluding hydrogens is 387 g/mol. The number of ketones is 1. The normalized spacial score (nSPS) is 50.3. The van der Waals surface area contributed by atoms with Gasteiger partial charge in [0.15, 0.2) is 0 Å². The van der Waals surface area contributed by atoms with Crippen LogP contribution in [0.5, 0.6) is 0 Å². The Kier molecular flexibility index (Phi) is 4.96. The Morgan fingerprint density at radius 3 is 2.68 bits per heavy atom. The Labute approximate surface area is 196 Å². The van der Waals surface area contributed by atoms with Gasteiger partial charge in [-0.25, -0.2) is 8.42 Å². The van der Waals surface area contributed by atoms with Gasteiger partial charge in [0.05, 0.1) is 6.10 Å². The van der Waals surface area contributed by atoms with Crippen molar-refractivity contribution in [3.8, 4) is 0 Å². The fourth-order valence-corrected chi connectivity index (χ4v) is 7.56. The second kappa shape index (κ2) is 7.76. The summed E-state index contributed by atoms with van der Waals surface area (Å²) in [7, 11) is -4.73. The van der Waals surface area contributed by atoms with Crippen LogP contribution in [-0.4, -0.2) is 24.9 Å². The van der Waals surface area contributed by atoms with Crippen LogP contribution in [0.2, 0.25) is 0 Å². The molecule has 3 saturated carbocycles. The van der Waals surface area contributed by atoms with E-state index in [-0.39, 0.29) is 46.8 Å². The number of hydrogen-bond donors (Lipinski definition) is 0. The second-order valence-corrected chi connectivity index (χ2v) is 10.4. The number of Topliss-reactive ketones (excluding diaryl/α,β-unsaturated/α-hetero) is 1. The van der Waals surface area contributed by atoms with Crippen molar-refractivity contribution in [3.63, 3.8) is 0 Å². The zero-order valence-electron chi connectivity index (χ0n) is 21.0. The van der Waals surface area contributed by atoms with E-state index >= 15 is 0 Å². The van der Waals surface area contributed by atoms with E-state index in [0.29, 0.717) is 38.0 Å². The average Bonchev–Trinajstić information content (AvgIpc) is 2.91. The predicted octanol–water partition coefficient (Wildman–Crippen LogP) is 1.00. The molecule has 0 aliphatic heterocycles. The van der Waals surface area contributed by atoms with Gasteiger partial charge in [0.1, 0.15) is 5.78 Å². The number of hydrogen-bond acceptors (Lipinski definition) is 5. The molecule has 4 rings (SSSR count). The summed E-state index contributed by atoms with van der Waals surface area (Å²) in [6.07, 6.45) is 6.39. The molecule has 7 atom stereocenters. The molecular formula is C21H31NaO5S. The van der Waals surface area contributed by atoms with Crippen LogP contribution in [0.3, 0.4) is 0 Å². The Hall–Kier alpha value is 0.280. The minimum Gasteiger partial charge on any atom is -0.726 e. The first-order valence-corrected chi connectivity index (χ1v) is 11.3. The van der Waals surface area contributed by atoms with E-state index in [1.165, 1.54) is 0 Å². The Balaban J connectivity index is 0.00000289. The van der Waals surface area contributed by atoms with Crippen LogP contribution in [0.15, 0.2) is 11.6 Å². The molecule has 0 amide bonds. The van der Waals surface area contributed by atoms with Crippen molar-refractivity contribution in [1.82, 2.24) is 0 Å². The molecule has 4 aliphatic carbocycles. The zero-order valence-corrected chi connectivity index (χ0v) is 19.8. The van der Waals surface area contributed by atoms with Crippen molar-refractivity contribution < 1.29 is 57.0 Å². The van der Waals surface area contributed by atoms with Crippen LogP contribution in [0.4, 0.5) is 0 Å². The molecule has 0 heterocycles. The van der Waals surface area contributed by atoms with Gasteiger partial charge in [-0.05, 0) is 86.8 Å². The molecule has 0 aromatic rings. The Morgan fingerprint density at radius 1 is 1.25 bits per heavy atom. The van der Waals surface area contributed by atoms with Gasteiger partial charge in [-0.2, -0.15) is 0 Å². The van der Waals surface area contributed by atoms with Crippen molar-refractivity contribution >= 4 is 16.2 Å². The number of carbonyl (C=O) groups is 1. The number of carbonyl (C=O) groups excluding carboxylic acids is 1. The average molecular weight is 423 g/mol. The van der Waals surface area contributed by atoms with Gasteiger partial charge in [0.25, 0.3) is 0 Å². The van der Waals surface area contributed by atoms with E-state index in [0.717, 1.165) is 24.8 Å². The van der Waals surface area contributed by atoms with Crippen LogP contribution >= 0.6 is 0 Å². The minimum absolute atomic E-state index is 0. The van der Waals surface area contributed by atoms with Crippen molar-refractivity contribution in [3.05, 3.63) is 11.6 Å². The van der Waals surface area contributed by atoms with Gasteiger partial charge in [-0.3, -0.25) is 8.98 Å². The standard InChI is InChI=1S/C21H32O5S.Na/c1-13(22)17-6-7-18-16-5-4-14-12-15(26-27(23,24)25)8-10-20(14,2)19(16)9-11-21(17,18)3;/h4,15-19H,5-12H2,1-3H3,(H,23,24,25);/q;+1/p-1/t15-,16?,17+,18?,19?,20?,21?;/m0./s1/i1D3,17D;. The Morgan fingerprint density at radius 2 is 2.00 bits per heavy atom. The third-order valence-corrected chi connectivity index (χ3v) is 8.88. The first kappa shape index (κ1) is 17.9. The summed E-state index contributed by atoms with van der Waals surface area (Å²) in [6.45, 7) is 1.39. The molecule has 0 aromatic heterocycles. The van der Waals surface area contributed by atoms with E-state index in [9.17, 15) is 17.8 Å². The van der Waals surface area contributed by atoms with Crippen LogP contribution in [0, 0.1) is 34.5 Å². The topological polar surface area (TPSA) is 83.5 Å². The van der Waals surface area contributed by atoms with E-state index < -0.39 is 40.4 Å². The molecule has 0 bridgehead atoms. The summed E-state index contributed by atoms with van der Waals surface area (Å²) in [5.74, 6) is -1.78. The SMILES string of the molecule is [2H]C([2H])([2H])C(=O)[C@@]1([2H])CCC2C3CC=C4C[C@@H](OS(=O)(=O)[O-])CCC4(C)C3CCC21C.[Na+]. The van der Waals surface area contributed by atoms with E-state index in [1.54, 1.807) is 0 Å². The van der Waals surface area contributed by atoms with Crippen molar-refractivity contribution in [1.29, 1.82) is 0 Å². The third kappa shape index (κ3) is 3.71. The van der Waals surface area contributed by atoms with Crippen molar-refractivity contribution in [2.75, 3.05) is 0 Å². The molecule has 0 spiro atoms. The zero-order chi connectivity index (χ0) is 23.0. The van der Waals surface area contributed by atoms with Gasteiger partial charge in [0.2, 0.25) is 10.4 Å². The third-order valence-electron chi connectivity index (χ3n) is 8.37. The first-order chi connectivity index (χ1) is 14.1. The predicted molar refractivity (Wildman–Crippen MR) is 100 cm³/mol. The molecule has 7 heteroatoms. The summed E-state index contributed by atoms with van der Waals surface area (Å²) in [5, 5.41) is 0. The van der Waals surface area contributed by atoms with Crippen molar-refractivity contribution in [2.24, 2.45) is 34.5 Å². The minimum atomic E-state index is -4.73. The molecule has 28 heavy (non-hydrogen) atoms. The van der Waals surface area contributed by atoms with Gasteiger partial charge in [0, 0.05) is 11.4 Å². The van der Waals surface area contributed by atoms with Crippen LogP contribution in [-0.2, 0) is 19.4 Å². The maximum atomic E-state index is 12.8. The largest absolute Gasteiger partial charge is 1.00 e. The van der Waals surface area contributed by atoms with Crippen LogP contribution in [0.25, 0.3) is 0 Å². The van der Waals surface area contributed by atoms with E-state index in [4.69, 9.17) is 9.67 Å². The van der Waals surface area contributed by atoms with Gasteiger partial charge < -0.3 is 4.55 Å². The molecule has 0 radical (unpaired) electrons. The monoisotopic (exact) mass is 422 g/mol. The molecule has 5 nitrogen and oxygen atoms in total. The van der Waals surface area contributed by atoms with E-state index in [1.807, 2.05) is 6.92 Å². The summed E-state index contributed by atoms with van der Waals surface area (Å²) in [4.78, 5) is 12.8. The summed E-state index contributed by atoms with van der Waals surface area (Å²) in [6, 6.07) is 0. The molecule has 5 unspecified atom stereocenters. The van der Waals surface area contributed by atoms with Gasteiger partial charge in [-0.1, -0.05) is 25.5 Å². The quantitative estimate of drug-likeness (QED) is 0.293. The summed E-state index contributed by atoms with van der Waals surface area (Å²) >= 11 is 0. The molecule has 152 valence electrons. The number of rotatable bonds is 3. The van der Waals surface area contributed by atoms with Gasteiger partial charge >= 0.3 is 29.6 Å². The maximum Gasteiger partial charge on any atom is 1.00 e. The molecule has 0 saturated heterocycles. The fourth-order valence-electron chi connectivity index (χ4n) is 7.06. The van der Waals surface area contributed by atoms with Crippen molar-refractivity contribution in [2.45, 2.75) is 78.2 Å². The maximum absolute atomic E-state index is 12.8. The summed E-state index contributed by atoms with van der Waals surface area (Å²) < 4.78 is 69.7. The first-order valence-electron chi connectivity index (χ1n) is 12.0. The van der Waals surface area contributed by atoms with E-state index in [2.05, 4.69) is 13.0 Å². The van der Waals surface area contributed by atoms with Crippen LogP contribution < -0.4 is 29.6 Å². The van der Waals surface area contributed by atoms with Gasteiger partial charge in [-0.15, -0.1) is 0 Å². The number of fused-ring (bicyclic) bond motifs is 5. The fraction of sp³-hybridized carbons (Fsp3) is 0.857. The van der Waals surface area contributed by atoms with Crippen LogP contribution in [0.1, 0.15) is 77.5 Å². The Bertz CT molecular complexity index is 922. The second-order valence-electron chi connectivity index (χ2n) is 9.43. The molecule has 3 fully saturated rings.